The Bertz CT molecular complexity index is 1060. The lowest BCUT2D eigenvalue weighted by Crippen LogP contribution is -2.24. The molecule has 0 aliphatic carbocycles. The van der Waals surface area contributed by atoms with E-state index in [0.717, 1.165) is 16.3 Å². The summed E-state index contributed by atoms with van der Waals surface area (Å²) in [6, 6.07) is 18.5. The Morgan fingerprint density at radius 1 is 1.00 bits per heavy atom. The van der Waals surface area contributed by atoms with Crippen molar-refractivity contribution in [2.24, 2.45) is 5.10 Å². The van der Waals surface area contributed by atoms with Crippen LogP contribution in [0.25, 0.3) is 10.8 Å². The van der Waals surface area contributed by atoms with Crippen molar-refractivity contribution in [1.82, 2.24) is 5.43 Å². The summed E-state index contributed by atoms with van der Waals surface area (Å²) in [5.74, 6) is 0.398. The van der Waals surface area contributed by atoms with Gasteiger partial charge in [-0.2, -0.15) is 5.10 Å². The number of hydrogen-bond acceptors (Lipinski definition) is 5. The number of anilines is 1. The quantitative estimate of drug-likeness (QED) is 0.340. The maximum Gasteiger partial charge on any atom is 0.249 e. The van der Waals surface area contributed by atoms with Crippen LogP contribution in [0.2, 0.25) is 0 Å². The first-order valence-electron chi connectivity index (χ1n) is 9.51. The van der Waals surface area contributed by atoms with Gasteiger partial charge in [-0.3, -0.25) is 9.59 Å². The van der Waals surface area contributed by atoms with Crippen LogP contribution < -0.4 is 20.2 Å². The van der Waals surface area contributed by atoms with Gasteiger partial charge in [0.25, 0.3) is 0 Å². The standard InChI is InChI=1S/C23H23N3O4/c1-3-30-21-13-8-16-6-4-5-7-19(16)20(21)15-24-26-23(28)14-22(27)25-17-9-11-18(29-2)12-10-17/h4-13,15H,3,14H2,1-2H3,(H,25,27)(H,26,28). The number of amides is 2. The molecule has 3 aromatic carbocycles. The maximum absolute atomic E-state index is 12.1. The van der Waals surface area contributed by atoms with Gasteiger partial charge >= 0.3 is 0 Å². The zero-order chi connectivity index (χ0) is 21.3. The van der Waals surface area contributed by atoms with E-state index >= 15 is 0 Å². The third kappa shape index (κ3) is 5.35. The molecular weight excluding hydrogens is 382 g/mol. The molecule has 0 aliphatic heterocycles. The lowest BCUT2D eigenvalue weighted by atomic mass is 10.0. The predicted molar refractivity (Wildman–Crippen MR) is 117 cm³/mol. The van der Waals surface area contributed by atoms with E-state index in [-0.39, 0.29) is 6.42 Å². The normalized spacial score (nSPS) is 10.7. The fraction of sp³-hybridized carbons (Fsp3) is 0.174. The topological polar surface area (TPSA) is 89.0 Å². The molecule has 2 amide bonds. The summed E-state index contributed by atoms with van der Waals surface area (Å²) in [7, 11) is 1.56. The van der Waals surface area contributed by atoms with Crippen LogP contribution in [0.4, 0.5) is 5.69 Å². The average molecular weight is 405 g/mol. The van der Waals surface area contributed by atoms with Crippen LogP contribution in [0.3, 0.4) is 0 Å². The van der Waals surface area contributed by atoms with Crippen molar-refractivity contribution in [1.29, 1.82) is 0 Å². The molecule has 0 unspecified atom stereocenters. The van der Waals surface area contributed by atoms with Crippen molar-refractivity contribution in [2.75, 3.05) is 19.0 Å². The first-order chi connectivity index (χ1) is 14.6. The molecule has 30 heavy (non-hydrogen) atoms. The third-order valence-corrected chi connectivity index (χ3v) is 4.31. The number of carbonyl (C=O) groups excluding carboxylic acids is 2. The summed E-state index contributed by atoms with van der Waals surface area (Å²) in [5.41, 5.74) is 3.73. The monoisotopic (exact) mass is 405 g/mol. The lowest BCUT2D eigenvalue weighted by Gasteiger charge is -2.10. The minimum absolute atomic E-state index is 0.350. The fourth-order valence-electron chi connectivity index (χ4n) is 2.92. The van der Waals surface area contributed by atoms with Crippen molar-refractivity contribution in [3.05, 3.63) is 66.2 Å². The Labute approximate surface area is 174 Å². The van der Waals surface area contributed by atoms with Gasteiger partial charge < -0.3 is 14.8 Å². The highest BCUT2D eigenvalue weighted by Gasteiger charge is 2.10. The van der Waals surface area contributed by atoms with E-state index in [1.165, 1.54) is 6.21 Å². The first-order valence-corrected chi connectivity index (χ1v) is 9.51. The van der Waals surface area contributed by atoms with Crippen LogP contribution in [0.1, 0.15) is 18.9 Å². The van der Waals surface area contributed by atoms with E-state index in [2.05, 4.69) is 15.8 Å². The second kappa shape index (κ2) is 10.1. The smallest absolute Gasteiger partial charge is 0.249 e. The van der Waals surface area contributed by atoms with E-state index in [4.69, 9.17) is 9.47 Å². The molecule has 3 aromatic rings. The second-order valence-corrected chi connectivity index (χ2v) is 6.38. The number of fused-ring (bicyclic) bond motifs is 1. The number of rotatable bonds is 8. The summed E-state index contributed by atoms with van der Waals surface area (Å²) in [6.45, 7) is 2.41. The summed E-state index contributed by atoms with van der Waals surface area (Å²) >= 11 is 0. The number of carbonyl (C=O) groups is 2. The minimum Gasteiger partial charge on any atom is -0.497 e. The van der Waals surface area contributed by atoms with Gasteiger partial charge in [0.1, 0.15) is 17.9 Å². The van der Waals surface area contributed by atoms with E-state index in [0.29, 0.717) is 23.8 Å². The van der Waals surface area contributed by atoms with Gasteiger partial charge in [-0.15, -0.1) is 0 Å². The van der Waals surface area contributed by atoms with Gasteiger partial charge in [0.05, 0.1) is 19.9 Å². The van der Waals surface area contributed by atoms with Crippen molar-refractivity contribution in [3.63, 3.8) is 0 Å². The molecule has 0 saturated carbocycles. The van der Waals surface area contributed by atoms with Crippen LogP contribution in [0, 0.1) is 0 Å². The molecule has 0 heterocycles. The van der Waals surface area contributed by atoms with E-state index in [1.807, 2.05) is 43.3 Å². The van der Waals surface area contributed by atoms with Crippen molar-refractivity contribution in [3.8, 4) is 11.5 Å². The zero-order valence-electron chi connectivity index (χ0n) is 16.8. The highest BCUT2D eigenvalue weighted by atomic mass is 16.5. The van der Waals surface area contributed by atoms with Crippen LogP contribution >= 0.6 is 0 Å². The predicted octanol–water partition coefficient (Wildman–Crippen LogP) is 3.73. The molecule has 7 heteroatoms. The highest BCUT2D eigenvalue weighted by Crippen LogP contribution is 2.26. The minimum atomic E-state index is -0.518. The van der Waals surface area contributed by atoms with Crippen molar-refractivity contribution in [2.45, 2.75) is 13.3 Å². The number of methoxy groups -OCH3 is 1. The van der Waals surface area contributed by atoms with Crippen LogP contribution in [-0.2, 0) is 9.59 Å². The molecule has 0 aromatic heterocycles. The van der Waals surface area contributed by atoms with E-state index in [1.54, 1.807) is 31.4 Å². The SMILES string of the molecule is CCOc1ccc2ccccc2c1C=NNC(=O)CC(=O)Nc1ccc(OC)cc1. The summed E-state index contributed by atoms with van der Waals surface area (Å²) in [6.07, 6.45) is 1.18. The Hall–Kier alpha value is -3.87. The molecule has 0 atom stereocenters. The molecule has 0 bridgehead atoms. The molecular formula is C23H23N3O4. The molecule has 3 rings (SSSR count). The first kappa shape index (κ1) is 20.9. The molecule has 0 saturated heterocycles. The average Bonchev–Trinajstić information content (AvgIpc) is 2.75. The molecule has 154 valence electrons. The molecule has 0 radical (unpaired) electrons. The number of nitrogens with zero attached hydrogens (tertiary/aromatic N) is 1. The van der Waals surface area contributed by atoms with E-state index < -0.39 is 11.8 Å². The number of hydrogen-bond donors (Lipinski definition) is 2. The van der Waals surface area contributed by atoms with Crippen LogP contribution in [0.5, 0.6) is 11.5 Å². The number of hydrazone groups is 1. The Morgan fingerprint density at radius 2 is 1.77 bits per heavy atom. The number of ether oxygens (including phenoxy) is 2. The van der Waals surface area contributed by atoms with Gasteiger partial charge in [-0.25, -0.2) is 5.43 Å². The van der Waals surface area contributed by atoms with Crippen LogP contribution in [-0.4, -0.2) is 31.7 Å². The molecule has 2 N–H and O–H groups in total. The Morgan fingerprint density at radius 3 is 2.50 bits per heavy atom. The largest absolute Gasteiger partial charge is 0.497 e. The van der Waals surface area contributed by atoms with Gasteiger partial charge in [-0.1, -0.05) is 30.3 Å². The van der Waals surface area contributed by atoms with Crippen molar-refractivity contribution < 1.29 is 19.1 Å². The highest BCUT2D eigenvalue weighted by molar-refractivity contribution is 6.05. The zero-order valence-corrected chi connectivity index (χ0v) is 16.8. The van der Waals surface area contributed by atoms with Crippen LogP contribution in [0.15, 0.2) is 65.8 Å². The van der Waals surface area contributed by atoms with Gasteiger partial charge in [0.2, 0.25) is 11.8 Å². The third-order valence-electron chi connectivity index (χ3n) is 4.31. The molecule has 0 spiro atoms. The molecule has 7 nitrogen and oxygen atoms in total. The fourth-order valence-corrected chi connectivity index (χ4v) is 2.92. The summed E-state index contributed by atoms with van der Waals surface area (Å²) in [5, 5.41) is 8.66. The Kier molecular flexibility index (Phi) is 7.00. The Balaban J connectivity index is 1.62. The number of benzene rings is 3. The van der Waals surface area contributed by atoms with Gasteiger partial charge in [0, 0.05) is 11.3 Å². The van der Waals surface area contributed by atoms with Crippen molar-refractivity contribution >= 4 is 34.5 Å². The van der Waals surface area contributed by atoms with Gasteiger partial charge in [-0.05, 0) is 48.0 Å². The number of nitrogens with one attached hydrogen (secondary N) is 2. The second-order valence-electron chi connectivity index (χ2n) is 6.38. The molecule has 0 aliphatic rings. The summed E-state index contributed by atoms with van der Waals surface area (Å²) in [4.78, 5) is 24.1. The maximum atomic E-state index is 12.1. The lowest BCUT2D eigenvalue weighted by molar-refractivity contribution is -0.126. The van der Waals surface area contributed by atoms with Gasteiger partial charge in [0.15, 0.2) is 0 Å². The summed E-state index contributed by atoms with van der Waals surface area (Å²) < 4.78 is 10.7. The van der Waals surface area contributed by atoms with E-state index in [9.17, 15) is 9.59 Å². The molecule has 0 fully saturated rings.